The van der Waals surface area contributed by atoms with E-state index < -0.39 is 11.2 Å². The SMILES string of the molecule is CCN(CC)C(=O)CCc1nc(-c2nn(-c3ccccc3)c(=O)n(CC)c2=O)no1. The van der Waals surface area contributed by atoms with E-state index in [1.165, 1.54) is 0 Å². The van der Waals surface area contributed by atoms with Crippen LogP contribution in [0.1, 0.15) is 33.1 Å². The molecule has 0 saturated carbocycles. The predicted molar refractivity (Wildman–Crippen MR) is 109 cm³/mol. The van der Waals surface area contributed by atoms with Crippen LogP contribution in [0.3, 0.4) is 0 Å². The molecule has 3 aromatic rings. The Morgan fingerprint density at radius 3 is 2.43 bits per heavy atom. The number of benzene rings is 1. The van der Waals surface area contributed by atoms with Crippen molar-refractivity contribution in [3.8, 4) is 17.2 Å². The number of carbonyl (C=O) groups is 1. The van der Waals surface area contributed by atoms with Crippen LogP contribution in [0, 0.1) is 0 Å². The molecule has 0 unspecified atom stereocenters. The minimum atomic E-state index is -0.596. The van der Waals surface area contributed by atoms with Crippen molar-refractivity contribution in [1.82, 2.24) is 29.4 Å². The number of hydrogen-bond acceptors (Lipinski definition) is 7. The van der Waals surface area contributed by atoms with Gasteiger partial charge in [0.1, 0.15) is 0 Å². The van der Waals surface area contributed by atoms with Crippen molar-refractivity contribution in [2.45, 2.75) is 40.2 Å². The zero-order valence-corrected chi connectivity index (χ0v) is 17.2. The van der Waals surface area contributed by atoms with Gasteiger partial charge in [-0.3, -0.25) is 14.2 Å². The lowest BCUT2D eigenvalue weighted by Crippen LogP contribution is -2.41. The Kier molecular flexibility index (Phi) is 6.55. The number of nitrogens with zero attached hydrogens (tertiary/aromatic N) is 6. The van der Waals surface area contributed by atoms with Crippen molar-refractivity contribution >= 4 is 5.91 Å². The number of rotatable bonds is 8. The van der Waals surface area contributed by atoms with Gasteiger partial charge in [-0.2, -0.15) is 14.8 Å². The summed E-state index contributed by atoms with van der Waals surface area (Å²) in [7, 11) is 0. The molecule has 1 amide bonds. The maximum atomic E-state index is 12.8. The van der Waals surface area contributed by atoms with E-state index in [-0.39, 0.29) is 42.7 Å². The normalized spacial score (nSPS) is 10.9. The van der Waals surface area contributed by atoms with Gasteiger partial charge in [0.2, 0.25) is 17.6 Å². The van der Waals surface area contributed by atoms with Gasteiger partial charge >= 0.3 is 5.69 Å². The van der Waals surface area contributed by atoms with Gasteiger partial charge in [0.25, 0.3) is 5.56 Å². The fourth-order valence-electron chi connectivity index (χ4n) is 3.07. The van der Waals surface area contributed by atoms with Crippen LogP contribution in [-0.2, 0) is 17.8 Å². The second kappa shape index (κ2) is 9.29. The summed E-state index contributed by atoms with van der Waals surface area (Å²) in [6.07, 6.45) is 0.474. The van der Waals surface area contributed by atoms with E-state index in [9.17, 15) is 14.4 Å². The average molecular weight is 412 g/mol. The zero-order valence-electron chi connectivity index (χ0n) is 17.2. The van der Waals surface area contributed by atoms with Crippen molar-refractivity contribution in [3.05, 3.63) is 57.1 Å². The summed E-state index contributed by atoms with van der Waals surface area (Å²) in [6, 6.07) is 8.77. The van der Waals surface area contributed by atoms with E-state index in [4.69, 9.17) is 4.52 Å². The van der Waals surface area contributed by atoms with Gasteiger partial charge in [-0.25, -0.2) is 4.79 Å². The first-order valence-electron chi connectivity index (χ1n) is 9.90. The summed E-state index contributed by atoms with van der Waals surface area (Å²) in [6.45, 7) is 6.96. The fraction of sp³-hybridized carbons (Fsp3) is 0.400. The largest absolute Gasteiger partial charge is 0.352 e. The van der Waals surface area contributed by atoms with Gasteiger partial charge in [0, 0.05) is 32.5 Å². The molecule has 0 aliphatic heterocycles. The lowest BCUT2D eigenvalue weighted by molar-refractivity contribution is -0.130. The minimum absolute atomic E-state index is 0.0103. The van der Waals surface area contributed by atoms with Crippen LogP contribution < -0.4 is 11.2 Å². The van der Waals surface area contributed by atoms with Gasteiger partial charge in [0.15, 0.2) is 5.69 Å². The highest BCUT2D eigenvalue weighted by atomic mass is 16.5. The third-order valence-corrected chi connectivity index (χ3v) is 4.73. The highest BCUT2D eigenvalue weighted by Gasteiger charge is 2.20. The first-order valence-corrected chi connectivity index (χ1v) is 9.90. The number of amides is 1. The van der Waals surface area contributed by atoms with E-state index in [2.05, 4.69) is 15.2 Å². The second-order valence-corrected chi connectivity index (χ2v) is 6.51. The van der Waals surface area contributed by atoms with Crippen LogP contribution in [0.15, 0.2) is 44.4 Å². The molecule has 0 aliphatic rings. The molecule has 2 aromatic heterocycles. The third-order valence-electron chi connectivity index (χ3n) is 4.73. The molecular formula is C20H24N6O4. The van der Waals surface area contributed by atoms with Crippen LogP contribution in [0.2, 0.25) is 0 Å². The molecule has 0 N–H and O–H groups in total. The summed E-state index contributed by atoms with van der Waals surface area (Å²) in [5.74, 6) is 0.202. The topological polar surface area (TPSA) is 116 Å². The molecule has 0 atom stereocenters. The molecule has 0 saturated heterocycles. The molecule has 0 spiro atoms. The highest BCUT2D eigenvalue weighted by molar-refractivity contribution is 5.76. The summed E-state index contributed by atoms with van der Waals surface area (Å²) < 4.78 is 7.42. The standard InChI is InChI=1S/C20H24N6O4/c1-4-24(5-2)16(27)13-12-15-21-18(23-30-15)17-19(28)25(6-3)20(29)26(22-17)14-10-8-7-9-11-14/h7-11H,4-6,12-13H2,1-3H3. The summed E-state index contributed by atoms with van der Waals surface area (Å²) in [4.78, 5) is 43.5. The van der Waals surface area contributed by atoms with Crippen LogP contribution in [0.4, 0.5) is 0 Å². The maximum Gasteiger partial charge on any atom is 0.352 e. The molecule has 30 heavy (non-hydrogen) atoms. The Labute approximate surface area is 172 Å². The van der Waals surface area contributed by atoms with Gasteiger partial charge in [-0.05, 0) is 32.9 Å². The molecule has 0 bridgehead atoms. The fourth-order valence-corrected chi connectivity index (χ4v) is 3.07. The van der Waals surface area contributed by atoms with Crippen LogP contribution in [0.25, 0.3) is 17.2 Å². The van der Waals surface area contributed by atoms with Crippen molar-refractivity contribution in [2.24, 2.45) is 0 Å². The van der Waals surface area contributed by atoms with Crippen LogP contribution in [-0.4, -0.2) is 48.4 Å². The van der Waals surface area contributed by atoms with E-state index >= 15 is 0 Å². The second-order valence-electron chi connectivity index (χ2n) is 6.51. The van der Waals surface area contributed by atoms with Crippen molar-refractivity contribution in [3.63, 3.8) is 0 Å². The van der Waals surface area contributed by atoms with E-state index in [1.807, 2.05) is 19.9 Å². The molecule has 0 aliphatic carbocycles. The van der Waals surface area contributed by atoms with Gasteiger partial charge in [-0.15, -0.1) is 0 Å². The van der Waals surface area contributed by atoms with Crippen molar-refractivity contribution < 1.29 is 9.32 Å². The van der Waals surface area contributed by atoms with Crippen molar-refractivity contribution in [2.75, 3.05) is 13.1 Å². The minimum Gasteiger partial charge on any atom is -0.343 e. The van der Waals surface area contributed by atoms with E-state index in [1.54, 1.807) is 36.1 Å². The summed E-state index contributed by atoms with van der Waals surface area (Å²) >= 11 is 0. The number of para-hydroxylation sites is 1. The lowest BCUT2D eigenvalue weighted by Gasteiger charge is -2.17. The summed E-state index contributed by atoms with van der Waals surface area (Å²) in [5, 5.41) is 8.04. The molecular weight excluding hydrogens is 388 g/mol. The molecule has 1 aromatic carbocycles. The van der Waals surface area contributed by atoms with E-state index in [0.717, 1.165) is 9.25 Å². The predicted octanol–water partition coefficient (Wildman–Crippen LogP) is 1.27. The van der Waals surface area contributed by atoms with Crippen LogP contribution >= 0.6 is 0 Å². The Morgan fingerprint density at radius 2 is 1.80 bits per heavy atom. The molecule has 158 valence electrons. The Hall–Kier alpha value is -3.56. The Bertz CT molecular complexity index is 1130. The monoisotopic (exact) mass is 412 g/mol. The Balaban J connectivity index is 1.94. The van der Waals surface area contributed by atoms with Gasteiger partial charge < -0.3 is 9.42 Å². The molecule has 10 nitrogen and oxygen atoms in total. The smallest absolute Gasteiger partial charge is 0.343 e. The lowest BCUT2D eigenvalue weighted by atomic mass is 10.2. The first-order chi connectivity index (χ1) is 14.5. The molecule has 2 heterocycles. The molecule has 0 radical (unpaired) electrons. The average Bonchev–Trinajstić information content (AvgIpc) is 3.23. The zero-order chi connectivity index (χ0) is 21.7. The number of carbonyl (C=O) groups excluding carboxylic acids is 1. The van der Waals surface area contributed by atoms with E-state index in [0.29, 0.717) is 18.8 Å². The van der Waals surface area contributed by atoms with Gasteiger partial charge in [-0.1, -0.05) is 23.4 Å². The van der Waals surface area contributed by atoms with Gasteiger partial charge in [0.05, 0.1) is 5.69 Å². The molecule has 3 rings (SSSR count). The summed E-state index contributed by atoms with van der Waals surface area (Å²) in [5.41, 5.74) is -0.725. The molecule has 0 fully saturated rings. The maximum absolute atomic E-state index is 12.8. The van der Waals surface area contributed by atoms with Crippen LogP contribution in [0.5, 0.6) is 0 Å². The first kappa shape index (κ1) is 21.2. The molecule has 10 heteroatoms. The quantitative estimate of drug-likeness (QED) is 0.547. The third kappa shape index (κ3) is 4.22. The highest BCUT2D eigenvalue weighted by Crippen LogP contribution is 2.11. The number of aromatic nitrogens is 5. The number of aryl methyl sites for hydroxylation is 1. The number of hydrogen-bond donors (Lipinski definition) is 0. The Morgan fingerprint density at radius 1 is 1.10 bits per heavy atom. The van der Waals surface area contributed by atoms with Crippen molar-refractivity contribution in [1.29, 1.82) is 0 Å².